The Kier molecular flexibility index (Phi) is 5.17. The fourth-order valence-electron chi connectivity index (χ4n) is 2.28. The molecule has 1 aliphatic carbocycles. The summed E-state index contributed by atoms with van der Waals surface area (Å²) in [7, 11) is 0. The molecule has 2 rings (SSSR count). The lowest BCUT2D eigenvalue weighted by Gasteiger charge is -2.10. The maximum atomic E-state index is 9.16. The number of aromatic nitrogens is 1. The van der Waals surface area contributed by atoms with Crippen molar-refractivity contribution in [2.45, 2.75) is 39.0 Å². The van der Waals surface area contributed by atoms with Gasteiger partial charge in [0.05, 0.1) is 12.2 Å². The van der Waals surface area contributed by atoms with E-state index in [4.69, 9.17) is 10.00 Å². The number of anilines is 1. The highest BCUT2D eigenvalue weighted by Crippen LogP contribution is 2.24. The molecule has 102 valence electrons. The van der Waals surface area contributed by atoms with E-state index in [1.165, 1.54) is 5.56 Å². The van der Waals surface area contributed by atoms with Crippen LogP contribution in [0.2, 0.25) is 0 Å². The van der Waals surface area contributed by atoms with E-state index in [0.29, 0.717) is 24.5 Å². The molecule has 1 aromatic rings. The number of hydrogen-bond acceptors (Lipinski definition) is 4. The molecular weight excluding hydrogens is 238 g/mol. The third kappa shape index (κ3) is 3.68. The van der Waals surface area contributed by atoms with Crippen LogP contribution in [0.15, 0.2) is 6.07 Å². The topological polar surface area (TPSA) is 57.9 Å². The minimum absolute atomic E-state index is 0.647. The lowest BCUT2D eigenvalue weighted by atomic mass is 10.1. The van der Waals surface area contributed by atoms with E-state index in [0.717, 1.165) is 44.4 Å². The third-order valence-electron chi connectivity index (χ3n) is 3.35. The van der Waals surface area contributed by atoms with Crippen LogP contribution < -0.4 is 5.32 Å². The van der Waals surface area contributed by atoms with Gasteiger partial charge in [-0.25, -0.2) is 4.98 Å². The highest BCUT2D eigenvalue weighted by Gasteiger charge is 2.15. The summed E-state index contributed by atoms with van der Waals surface area (Å²) in [4.78, 5) is 4.57. The van der Waals surface area contributed by atoms with E-state index in [1.54, 1.807) is 0 Å². The molecule has 19 heavy (non-hydrogen) atoms. The fourth-order valence-corrected chi connectivity index (χ4v) is 2.28. The van der Waals surface area contributed by atoms with Gasteiger partial charge in [0.25, 0.3) is 0 Å². The number of ether oxygens (including phenoxy) is 1. The van der Waals surface area contributed by atoms with Crippen LogP contribution in [0.3, 0.4) is 0 Å². The van der Waals surface area contributed by atoms with Gasteiger partial charge in [0.1, 0.15) is 11.9 Å². The zero-order valence-corrected chi connectivity index (χ0v) is 11.5. The molecule has 0 aromatic carbocycles. The summed E-state index contributed by atoms with van der Waals surface area (Å²) in [5.74, 6) is 0.710. The lowest BCUT2D eigenvalue weighted by molar-refractivity contribution is 0.141. The fraction of sp³-hybridized carbons (Fsp3) is 0.600. The maximum absolute atomic E-state index is 9.16. The number of unbranched alkanes of at least 4 members (excludes halogenated alkanes) is 1. The van der Waals surface area contributed by atoms with Crippen LogP contribution in [0.25, 0.3) is 0 Å². The van der Waals surface area contributed by atoms with Crippen LogP contribution in [0, 0.1) is 11.3 Å². The monoisotopic (exact) mass is 259 g/mol. The second kappa shape index (κ2) is 7.10. The quantitative estimate of drug-likeness (QED) is 0.765. The molecule has 4 nitrogen and oxygen atoms in total. The van der Waals surface area contributed by atoms with Gasteiger partial charge < -0.3 is 10.1 Å². The first-order valence-corrected chi connectivity index (χ1v) is 7.09. The van der Waals surface area contributed by atoms with Crippen LogP contribution in [0.1, 0.15) is 43.0 Å². The van der Waals surface area contributed by atoms with E-state index < -0.39 is 0 Å². The highest BCUT2D eigenvalue weighted by molar-refractivity contribution is 5.55. The summed E-state index contributed by atoms with van der Waals surface area (Å²) in [5.41, 5.74) is 3.03. The van der Waals surface area contributed by atoms with Gasteiger partial charge >= 0.3 is 0 Å². The first kappa shape index (κ1) is 13.8. The zero-order valence-electron chi connectivity index (χ0n) is 11.5. The number of nitriles is 1. The normalized spacial score (nSPS) is 13.1. The molecule has 0 spiro atoms. The smallest absolute Gasteiger partial charge is 0.144 e. The Morgan fingerprint density at radius 3 is 3.11 bits per heavy atom. The van der Waals surface area contributed by atoms with Gasteiger partial charge in [-0.2, -0.15) is 5.26 Å². The molecule has 0 radical (unpaired) electrons. The minimum Gasteiger partial charge on any atom is -0.380 e. The molecule has 0 saturated heterocycles. The second-order valence-corrected chi connectivity index (χ2v) is 4.85. The molecule has 1 N–H and O–H groups in total. The zero-order chi connectivity index (χ0) is 13.5. The standard InChI is InChI=1S/C15H21N3O/c1-2-3-8-19-9-7-17-15-13(11-16)10-12-5-4-6-14(12)18-15/h10H,2-9H2,1H3,(H,17,18). The molecule has 0 unspecified atom stereocenters. The molecule has 0 atom stereocenters. The van der Waals surface area contributed by atoms with Crippen molar-refractivity contribution in [1.82, 2.24) is 4.98 Å². The summed E-state index contributed by atoms with van der Waals surface area (Å²) >= 11 is 0. The van der Waals surface area contributed by atoms with Crippen molar-refractivity contribution in [3.63, 3.8) is 0 Å². The summed E-state index contributed by atoms with van der Waals surface area (Å²) < 4.78 is 5.49. The maximum Gasteiger partial charge on any atom is 0.144 e. The molecule has 1 heterocycles. The van der Waals surface area contributed by atoms with Gasteiger partial charge in [-0.1, -0.05) is 13.3 Å². The Morgan fingerprint density at radius 1 is 1.42 bits per heavy atom. The Labute approximate surface area is 114 Å². The Bertz CT molecular complexity index is 465. The van der Waals surface area contributed by atoms with Crippen LogP contribution in [0.5, 0.6) is 0 Å². The van der Waals surface area contributed by atoms with Crippen LogP contribution in [-0.2, 0) is 17.6 Å². The van der Waals surface area contributed by atoms with Crippen LogP contribution in [0.4, 0.5) is 5.82 Å². The van der Waals surface area contributed by atoms with E-state index >= 15 is 0 Å². The Balaban J connectivity index is 1.88. The van der Waals surface area contributed by atoms with Crippen molar-refractivity contribution in [2.75, 3.05) is 25.1 Å². The second-order valence-electron chi connectivity index (χ2n) is 4.85. The molecule has 1 aliphatic rings. The number of pyridine rings is 1. The van der Waals surface area contributed by atoms with Crippen molar-refractivity contribution in [3.05, 3.63) is 22.9 Å². The first-order chi connectivity index (χ1) is 9.35. The molecule has 0 amide bonds. The van der Waals surface area contributed by atoms with E-state index in [9.17, 15) is 0 Å². The summed E-state index contributed by atoms with van der Waals surface area (Å²) in [6.45, 7) is 4.31. The number of rotatable bonds is 7. The SMILES string of the molecule is CCCCOCCNc1nc2c(cc1C#N)CCC2. The number of aryl methyl sites for hydroxylation is 2. The highest BCUT2D eigenvalue weighted by atomic mass is 16.5. The average Bonchev–Trinajstić information content (AvgIpc) is 2.88. The molecule has 0 saturated carbocycles. The summed E-state index contributed by atoms with van der Waals surface area (Å²) in [6.07, 6.45) is 5.48. The van der Waals surface area contributed by atoms with Crippen molar-refractivity contribution in [2.24, 2.45) is 0 Å². The molecule has 0 bridgehead atoms. The molecule has 4 heteroatoms. The van der Waals surface area contributed by atoms with Crippen molar-refractivity contribution >= 4 is 5.82 Å². The van der Waals surface area contributed by atoms with Gasteiger partial charge in [-0.05, 0) is 37.3 Å². The van der Waals surface area contributed by atoms with Gasteiger partial charge in [0.2, 0.25) is 0 Å². The largest absolute Gasteiger partial charge is 0.380 e. The number of nitrogens with zero attached hydrogens (tertiary/aromatic N) is 2. The van der Waals surface area contributed by atoms with E-state index in [-0.39, 0.29) is 0 Å². The van der Waals surface area contributed by atoms with E-state index in [1.807, 2.05) is 6.07 Å². The van der Waals surface area contributed by atoms with Gasteiger partial charge in [0, 0.05) is 18.8 Å². The van der Waals surface area contributed by atoms with Gasteiger partial charge in [-0.3, -0.25) is 0 Å². The molecule has 0 fully saturated rings. The molecule has 0 aliphatic heterocycles. The first-order valence-electron chi connectivity index (χ1n) is 7.09. The summed E-state index contributed by atoms with van der Waals surface area (Å²) in [5, 5.41) is 12.4. The van der Waals surface area contributed by atoms with Gasteiger partial charge in [-0.15, -0.1) is 0 Å². The average molecular weight is 259 g/mol. The Morgan fingerprint density at radius 2 is 2.32 bits per heavy atom. The van der Waals surface area contributed by atoms with Crippen LogP contribution in [-0.4, -0.2) is 24.7 Å². The van der Waals surface area contributed by atoms with Crippen LogP contribution >= 0.6 is 0 Å². The molecular formula is C15H21N3O. The lowest BCUT2D eigenvalue weighted by Crippen LogP contribution is -2.12. The van der Waals surface area contributed by atoms with Crippen molar-refractivity contribution < 1.29 is 4.74 Å². The number of hydrogen-bond donors (Lipinski definition) is 1. The predicted octanol–water partition coefficient (Wildman–Crippen LogP) is 2.67. The van der Waals surface area contributed by atoms with Crippen molar-refractivity contribution in [3.8, 4) is 6.07 Å². The summed E-state index contributed by atoms with van der Waals surface area (Å²) in [6, 6.07) is 4.20. The third-order valence-corrected chi connectivity index (χ3v) is 3.35. The van der Waals surface area contributed by atoms with E-state index in [2.05, 4.69) is 23.3 Å². The number of nitrogens with one attached hydrogen (secondary N) is 1. The predicted molar refractivity (Wildman–Crippen MR) is 75.2 cm³/mol. The number of fused-ring (bicyclic) bond motifs is 1. The van der Waals surface area contributed by atoms with Gasteiger partial charge in [0.15, 0.2) is 0 Å². The Hall–Kier alpha value is -1.60. The molecule has 1 aromatic heterocycles. The minimum atomic E-state index is 0.647. The van der Waals surface area contributed by atoms with Crippen molar-refractivity contribution in [1.29, 1.82) is 5.26 Å².